The first kappa shape index (κ1) is 18.8. The number of hydrogen-bond donors (Lipinski definition) is 2. The normalized spacial score (nSPS) is 17.6. The standard InChI is InChI=1S/C24H21NO.CH3NO/c1-16-10-12-17(13-11-16)24-19-7-3-5-9-23(19)26-15-21(24)20-14-25-22-8-4-2-6-18(20)22;2-1-3/h2-14,21,24-25H,15H2,1H3;1H,(H2,2,3). The van der Waals surface area contributed by atoms with E-state index in [0.29, 0.717) is 12.5 Å². The van der Waals surface area contributed by atoms with Gasteiger partial charge in [0, 0.05) is 34.5 Å². The Morgan fingerprint density at radius 3 is 2.45 bits per heavy atom. The van der Waals surface area contributed by atoms with Crippen molar-refractivity contribution in [3.63, 3.8) is 0 Å². The number of benzene rings is 3. The largest absolute Gasteiger partial charge is 0.493 e. The molecular weight excluding hydrogens is 360 g/mol. The van der Waals surface area contributed by atoms with Gasteiger partial charge in [0.1, 0.15) is 5.75 Å². The molecule has 4 nitrogen and oxygen atoms in total. The Bertz CT molecular complexity index is 1120. The van der Waals surface area contributed by atoms with Crippen molar-refractivity contribution >= 4 is 17.3 Å². The maximum atomic E-state index is 8.58. The lowest BCUT2D eigenvalue weighted by Crippen LogP contribution is -2.25. The van der Waals surface area contributed by atoms with Crippen LogP contribution in [0.2, 0.25) is 0 Å². The SMILES string of the molecule is Cc1ccc(C2c3ccccc3OCC2c2c[nH]c3ccccc23)cc1.NC=O. The van der Waals surface area contributed by atoms with Gasteiger partial charge < -0.3 is 15.5 Å². The number of ether oxygens (including phenoxy) is 1. The van der Waals surface area contributed by atoms with E-state index in [9.17, 15) is 0 Å². The smallest absolute Gasteiger partial charge is 0.204 e. The molecule has 3 aromatic carbocycles. The number of carbonyl (C=O) groups is 1. The Morgan fingerprint density at radius 2 is 1.66 bits per heavy atom. The van der Waals surface area contributed by atoms with Crippen LogP contribution < -0.4 is 10.5 Å². The van der Waals surface area contributed by atoms with E-state index in [-0.39, 0.29) is 12.3 Å². The highest BCUT2D eigenvalue weighted by atomic mass is 16.5. The second-order valence-electron chi connectivity index (χ2n) is 7.27. The first-order chi connectivity index (χ1) is 14.2. The molecule has 29 heavy (non-hydrogen) atoms. The first-order valence-electron chi connectivity index (χ1n) is 9.72. The van der Waals surface area contributed by atoms with Crippen molar-refractivity contribution in [2.75, 3.05) is 6.61 Å². The average molecular weight is 384 g/mol. The predicted octanol–water partition coefficient (Wildman–Crippen LogP) is 4.89. The van der Waals surface area contributed by atoms with Crippen LogP contribution in [0.15, 0.2) is 79.0 Å². The van der Waals surface area contributed by atoms with Gasteiger partial charge in [-0.3, -0.25) is 4.79 Å². The molecular formula is C25H24N2O2. The minimum atomic E-state index is 0.250. The third kappa shape index (κ3) is 3.61. The number of primary amides is 1. The minimum Gasteiger partial charge on any atom is -0.493 e. The summed E-state index contributed by atoms with van der Waals surface area (Å²) in [5.74, 6) is 1.58. The number of H-pyrrole nitrogens is 1. The number of rotatable bonds is 2. The predicted molar refractivity (Wildman–Crippen MR) is 116 cm³/mol. The molecule has 1 aromatic heterocycles. The highest BCUT2D eigenvalue weighted by molar-refractivity contribution is 5.84. The summed E-state index contributed by atoms with van der Waals surface area (Å²) in [7, 11) is 0. The third-order valence-electron chi connectivity index (χ3n) is 5.53. The molecule has 5 rings (SSSR count). The minimum absolute atomic E-state index is 0.250. The number of hydrogen-bond acceptors (Lipinski definition) is 2. The lowest BCUT2D eigenvalue weighted by Gasteiger charge is -2.34. The van der Waals surface area contributed by atoms with E-state index in [1.54, 1.807) is 0 Å². The van der Waals surface area contributed by atoms with Crippen LogP contribution >= 0.6 is 0 Å². The Morgan fingerprint density at radius 1 is 0.966 bits per heavy atom. The molecule has 4 heteroatoms. The van der Waals surface area contributed by atoms with E-state index < -0.39 is 0 Å². The summed E-state index contributed by atoms with van der Waals surface area (Å²) >= 11 is 0. The van der Waals surface area contributed by atoms with E-state index in [2.05, 4.69) is 96.6 Å². The third-order valence-corrected chi connectivity index (χ3v) is 5.53. The van der Waals surface area contributed by atoms with E-state index in [1.807, 2.05) is 0 Å². The lowest BCUT2D eigenvalue weighted by molar-refractivity contribution is -0.106. The van der Waals surface area contributed by atoms with Gasteiger partial charge in [0.05, 0.1) is 6.61 Å². The number of carbonyl (C=O) groups excluding carboxylic acids is 1. The van der Waals surface area contributed by atoms with Gasteiger partial charge in [0.25, 0.3) is 0 Å². The van der Waals surface area contributed by atoms with Crippen molar-refractivity contribution in [2.45, 2.75) is 18.8 Å². The number of aromatic amines is 1. The van der Waals surface area contributed by atoms with Gasteiger partial charge in [0.15, 0.2) is 0 Å². The molecule has 2 unspecified atom stereocenters. The lowest BCUT2D eigenvalue weighted by atomic mass is 9.75. The summed E-state index contributed by atoms with van der Waals surface area (Å²) in [6.45, 7) is 2.83. The maximum Gasteiger partial charge on any atom is 0.204 e. The van der Waals surface area contributed by atoms with Crippen molar-refractivity contribution in [3.05, 3.63) is 101 Å². The number of nitrogens with two attached hydrogens (primary N) is 1. The van der Waals surface area contributed by atoms with Gasteiger partial charge in [-0.1, -0.05) is 66.2 Å². The molecule has 2 atom stereocenters. The van der Waals surface area contributed by atoms with Crippen molar-refractivity contribution < 1.29 is 9.53 Å². The molecule has 0 fully saturated rings. The van der Waals surface area contributed by atoms with Crippen LogP contribution in [0.25, 0.3) is 10.9 Å². The summed E-state index contributed by atoms with van der Waals surface area (Å²) in [6.07, 6.45) is 2.41. The Labute approximate surface area is 170 Å². The number of aryl methyl sites for hydroxylation is 1. The molecule has 1 aliphatic heterocycles. The van der Waals surface area contributed by atoms with E-state index in [0.717, 1.165) is 5.75 Å². The fourth-order valence-electron chi connectivity index (χ4n) is 4.22. The Hall–Kier alpha value is -3.53. The van der Waals surface area contributed by atoms with E-state index >= 15 is 0 Å². The zero-order chi connectivity index (χ0) is 20.2. The highest BCUT2D eigenvalue weighted by Crippen LogP contribution is 2.47. The number of nitrogens with one attached hydrogen (secondary N) is 1. The van der Waals surface area contributed by atoms with Crippen LogP contribution in [0.3, 0.4) is 0 Å². The molecule has 3 N–H and O–H groups in total. The van der Waals surface area contributed by atoms with Crippen molar-refractivity contribution in [2.24, 2.45) is 5.73 Å². The van der Waals surface area contributed by atoms with Gasteiger partial charge in [-0.05, 0) is 30.2 Å². The van der Waals surface area contributed by atoms with Gasteiger partial charge in [-0.15, -0.1) is 0 Å². The summed E-state index contributed by atoms with van der Waals surface area (Å²) in [5.41, 5.74) is 10.6. The van der Waals surface area contributed by atoms with E-state index in [4.69, 9.17) is 9.53 Å². The summed E-state index contributed by atoms with van der Waals surface area (Å²) in [6, 6.07) is 25.9. The van der Waals surface area contributed by atoms with Crippen molar-refractivity contribution in [1.29, 1.82) is 0 Å². The van der Waals surface area contributed by atoms with Crippen LogP contribution in [0, 0.1) is 6.92 Å². The number of para-hydroxylation sites is 2. The molecule has 0 bridgehead atoms. The zero-order valence-electron chi connectivity index (χ0n) is 16.3. The van der Waals surface area contributed by atoms with Gasteiger partial charge >= 0.3 is 0 Å². The van der Waals surface area contributed by atoms with E-state index in [1.165, 1.54) is 33.2 Å². The maximum absolute atomic E-state index is 8.58. The molecule has 1 aliphatic rings. The van der Waals surface area contributed by atoms with Crippen LogP contribution in [-0.4, -0.2) is 18.0 Å². The van der Waals surface area contributed by atoms with Crippen LogP contribution in [-0.2, 0) is 4.79 Å². The Kier molecular flexibility index (Phi) is 5.34. The summed E-state index contributed by atoms with van der Waals surface area (Å²) in [5, 5.41) is 1.29. The number of aromatic nitrogens is 1. The number of amides is 1. The molecule has 0 spiro atoms. The van der Waals surface area contributed by atoms with Gasteiger partial charge in [-0.25, -0.2) is 0 Å². The molecule has 0 radical (unpaired) electrons. The molecule has 0 saturated heterocycles. The topological polar surface area (TPSA) is 68.1 Å². The Balaban J connectivity index is 0.000000645. The zero-order valence-corrected chi connectivity index (χ0v) is 16.3. The molecule has 2 heterocycles. The average Bonchev–Trinajstić information content (AvgIpc) is 3.18. The van der Waals surface area contributed by atoms with Gasteiger partial charge in [0.2, 0.25) is 6.41 Å². The second-order valence-corrected chi connectivity index (χ2v) is 7.27. The molecule has 0 saturated carbocycles. The fourth-order valence-corrected chi connectivity index (χ4v) is 4.22. The molecule has 146 valence electrons. The molecule has 0 aliphatic carbocycles. The number of fused-ring (bicyclic) bond motifs is 2. The first-order valence-corrected chi connectivity index (χ1v) is 9.72. The molecule has 4 aromatic rings. The van der Waals surface area contributed by atoms with Crippen molar-refractivity contribution in [1.82, 2.24) is 4.98 Å². The highest BCUT2D eigenvalue weighted by Gasteiger charge is 2.34. The quantitative estimate of drug-likeness (QED) is 0.483. The van der Waals surface area contributed by atoms with Crippen molar-refractivity contribution in [3.8, 4) is 5.75 Å². The summed E-state index contributed by atoms with van der Waals surface area (Å²) in [4.78, 5) is 12.0. The van der Waals surface area contributed by atoms with Crippen LogP contribution in [0.1, 0.15) is 34.1 Å². The van der Waals surface area contributed by atoms with Crippen LogP contribution in [0.5, 0.6) is 5.75 Å². The monoisotopic (exact) mass is 384 g/mol. The summed E-state index contributed by atoms with van der Waals surface area (Å²) < 4.78 is 6.17. The second kappa shape index (κ2) is 8.23. The van der Waals surface area contributed by atoms with Crippen LogP contribution in [0.4, 0.5) is 0 Å². The van der Waals surface area contributed by atoms with Gasteiger partial charge in [-0.2, -0.15) is 0 Å². The fraction of sp³-hybridized carbons (Fsp3) is 0.160. The molecule has 1 amide bonds.